The average molecular weight is 570 g/mol. The number of nitrogens with one attached hydrogen (secondary N) is 1. The van der Waals surface area contributed by atoms with Crippen molar-refractivity contribution in [1.29, 1.82) is 0 Å². The van der Waals surface area contributed by atoms with E-state index in [-0.39, 0.29) is 18.0 Å². The van der Waals surface area contributed by atoms with E-state index in [0.29, 0.717) is 27.2 Å². The highest BCUT2D eigenvalue weighted by molar-refractivity contribution is 9.10. The Morgan fingerprint density at radius 2 is 1.61 bits per heavy atom. The highest BCUT2D eigenvalue weighted by atomic mass is 79.9. The summed E-state index contributed by atoms with van der Waals surface area (Å²) in [5, 5.41) is 3.45. The number of rotatable bonds is 8. The van der Waals surface area contributed by atoms with Crippen molar-refractivity contribution in [2.75, 3.05) is 11.9 Å². The van der Waals surface area contributed by atoms with Gasteiger partial charge in [0.15, 0.2) is 0 Å². The van der Waals surface area contributed by atoms with Crippen LogP contribution in [0.2, 0.25) is 10.0 Å². The van der Waals surface area contributed by atoms with Gasteiger partial charge in [0.1, 0.15) is 0 Å². The fourth-order valence-corrected chi connectivity index (χ4v) is 5.10. The first-order chi connectivity index (χ1) is 15.6. The maximum absolute atomic E-state index is 13.4. The number of hydrogen-bond donors (Lipinski definition) is 1. The van der Waals surface area contributed by atoms with Crippen LogP contribution in [0, 0.1) is 0 Å². The van der Waals surface area contributed by atoms with E-state index in [1.165, 1.54) is 12.1 Å². The van der Waals surface area contributed by atoms with Gasteiger partial charge in [-0.15, -0.1) is 0 Å². The maximum atomic E-state index is 13.4. The molecule has 0 radical (unpaired) electrons. The number of amides is 1. The second kappa shape index (κ2) is 11.0. The van der Waals surface area contributed by atoms with Crippen LogP contribution in [0.15, 0.2) is 76.1 Å². The second-order valence-corrected chi connectivity index (χ2v) is 11.5. The Bertz CT molecular complexity index is 1230. The van der Waals surface area contributed by atoms with E-state index in [0.717, 1.165) is 14.3 Å². The number of nitrogens with zero attached hydrogens (tertiary/aromatic N) is 1. The van der Waals surface area contributed by atoms with Crippen LogP contribution in [0.4, 0.5) is 5.69 Å². The molecule has 3 rings (SSSR count). The molecule has 0 atom stereocenters. The zero-order valence-corrected chi connectivity index (χ0v) is 22.0. The van der Waals surface area contributed by atoms with Gasteiger partial charge in [0, 0.05) is 16.7 Å². The average Bonchev–Trinajstić information content (AvgIpc) is 2.76. The van der Waals surface area contributed by atoms with Crippen LogP contribution in [0.1, 0.15) is 30.9 Å². The monoisotopic (exact) mass is 568 g/mol. The van der Waals surface area contributed by atoms with Crippen molar-refractivity contribution in [2.45, 2.75) is 31.2 Å². The number of halogens is 3. The minimum atomic E-state index is -3.97. The summed E-state index contributed by atoms with van der Waals surface area (Å²) < 4.78 is 28.6. The first-order valence-corrected chi connectivity index (χ1v) is 13.1. The van der Waals surface area contributed by atoms with E-state index < -0.39 is 15.9 Å². The van der Waals surface area contributed by atoms with E-state index in [1.54, 1.807) is 42.5 Å². The fraction of sp³-hybridized carbons (Fsp3) is 0.208. The van der Waals surface area contributed by atoms with Gasteiger partial charge in [0.2, 0.25) is 15.9 Å². The lowest BCUT2D eigenvalue weighted by Crippen LogP contribution is -2.37. The third-order valence-electron chi connectivity index (χ3n) is 4.98. The lowest BCUT2D eigenvalue weighted by molar-refractivity contribution is -0.116. The summed E-state index contributed by atoms with van der Waals surface area (Å²) in [6.07, 6.45) is 0. The van der Waals surface area contributed by atoms with E-state index in [4.69, 9.17) is 23.2 Å². The summed E-state index contributed by atoms with van der Waals surface area (Å²) in [6, 6.07) is 18.6. The van der Waals surface area contributed by atoms with E-state index in [1.807, 2.05) is 12.1 Å². The van der Waals surface area contributed by atoms with Gasteiger partial charge < -0.3 is 5.32 Å². The molecule has 5 nitrogen and oxygen atoms in total. The normalized spacial score (nSPS) is 11.7. The lowest BCUT2D eigenvalue weighted by atomic mass is 10.0. The highest BCUT2D eigenvalue weighted by Crippen LogP contribution is 2.26. The van der Waals surface area contributed by atoms with Crippen LogP contribution in [-0.4, -0.2) is 25.2 Å². The fourth-order valence-electron chi connectivity index (χ4n) is 3.14. The Hall–Kier alpha value is -1.90. The molecule has 3 aromatic rings. The molecule has 0 unspecified atom stereocenters. The Labute approximate surface area is 212 Å². The van der Waals surface area contributed by atoms with Crippen molar-refractivity contribution in [3.8, 4) is 0 Å². The smallest absolute Gasteiger partial charge is 0.243 e. The molecule has 33 heavy (non-hydrogen) atoms. The molecular weight excluding hydrogens is 547 g/mol. The number of anilines is 1. The summed E-state index contributed by atoms with van der Waals surface area (Å²) in [5.41, 5.74) is 2.35. The summed E-state index contributed by atoms with van der Waals surface area (Å²) in [6.45, 7) is 3.75. The molecule has 1 amide bonds. The van der Waals surface area contributed by atoms with Gasteiger partial charge in [-0.3, -0.25) is 4.79 Å². The lowest BCUT2D eigenvalue weighted by Gasteiger charge is -2.22. The standard InChI is InChI=1S/C24H23BrCl2N2O3S/c1-16(2)18-4-8-20(9-5-18)28-24(30)15-29(14-17-3-12-22(26)23(27)13-17)33(31,32)21-10-6-19(25)7-11-21/h3-13,16H,14-15H2,1-2H3,(H,28,30). The first kappa shape index (κ1) is 25.7. The van der Waals surface area contributed by atoms with Crippen LogP contribution in [0.3, 0.4) is 0 Å². The van der Waals surface area contributed by atoms with Gasteiger partial charge >= 0.3 is 0 Å². The number of benzene rings is 3. The highest BCUT2D eigenvalue weighted by Gasteiger charge is 2.27. The molecule has 0 aliphatic rings. The minimum absolute atomic E-state index is 0.0466. The third kappa shape index (κ3) is 6.80. The van der Waals surface area contributed by atoms with Crippen molar-refractivity contribution in [3.05, 3.63) is 92.4 Å². The molecule has 0 aromatic heterocycles. The van der Waals surface area contributed by atoms with Gasteiger partial charge in [-0.25, -0.2) is 8.42 Å². The Morgan fingerprint density at radius 3 is 2.18 bits per heavy atom. The topological polar surface area (TPSA) is 66.5 Å². The molecular formula is C24H23BrCl2N2O3S. The van der Waals surface area contributed by atoms with E-state index in [2.05, 4.69) is 35.1 Å². The van der Waals surface area contributed by atoms with Gasteiger partial charge in [0.05, 0.1) is 21.5 Å². The largest absolute Gasteiger partial charge is 0.325 e. The molecule has 0 aliphatic heterocycles. The third-order valence-corrected chi connectivity index (χ3v) is 8.05. The second-order valence-electron chi connectivity index (χ2n) is 7.80. The molecule has 0 aliphatic carbocycles. The van der Waals surface area contributed by atoms with Crippen molar-refractivity contribution >= 4 is 60.7 Å². The predicted molar refractivity (Wildman–Crippen MR) is 137 cm³/mol. The molecule has 9 heteroatoms. The van der Waals surface area contributed by atoms with Crippen molar-refractivity contribution in [3.63, 3.8) is 0 Å². The Kier molecular flexibility index (Phi) is 8.59. The van der Waals surface area contributed by atoms with Crippen LogP contribution >= 0.6 is 39.1 Å². The van der Waals surface area contributed by atoms with Crippen molar-refractivity contribution in [2.24, 2.45) is 0 Å². The van der Waals surface area contributed by atoms with Crippen molar-refractivity contribution in [1.82, 2.24) is 4.31 Å². The molecule has 0 saturated carbocycles. The SMILES string of the molecule is CC(C)c1ccc(NC(=O)CN(Cc2ccc(Cl)c(Cl)c2)S(=O)(=O)c2ccc(Br)cc2)cc1. The van der Waals surface area contributed by atoms with Gasteiger partial charge in [-0.05, 0) is 65.6 Å². The molecule has 0 heterocycles. The predicted octanol–water partition coefficient (Wildman–Crippen LogP) is 6.71. The summed E-state index contributed by atoms with van der Waals surface area (Å²) in [7, 11) is -3.97. The molecule has 0 spiro atoms. The van der Waals surface area contributed by atoms with E-state index >= 15 is 0 Å². The van der Waals surface area contributed by atoms with Crippen LogP contribution in [0.25, 0.3) is 0 Å². The number of sulfonamides is 1. The van der Waals surface area contributed by atoms with E-state index in [9.17, 15) is 13.2 Å². The maximum Gasteiger partial charge on any atom is 0.243 e. The Balaban J connectivity index is 1.86. The number of hydrogen-bond acceptors (Lipinski definition) is 3. The molecule has 0 bridgehead atoms. The molecule has 174 valence electrons. The Morgan fingerprint density at radius 1 is 0.970 bits per heavy atom. The molecule has 0 saturated heterocycles. The number of carbonyl (C=O) groups excluding carboxylic acids is 1. The van der Waals surface area contributed by atoms with Gasteiger partial charge in [-0.1, -0.05) is 71.2 Å². The van der Waals surface area contributed by atoms with Crippen LogP contribution in [-0.2, 0) is 21.4 Å². The molecule has 3 aromatic carbocycles. The molecule has 1 N–H and O–H groups in total. The minimum Gasteiger partial charge on any atom is -0.325 e. The van der Waals surface area contributed by atoms with Crippen molar-refractivity contribution < 1.29 is 13.2 Å². The van der Waals surface area contributed by atoms with Gasteiger partial charge in [0.25, 0.3) is 0 Å². The first-order valence-electron chi connectivity index (χ1n) is 10.2. The summed E-state index contributed by atoms with van der Waals surface area (Å²) >= 11 is 15.4. The van der Waals surface area contributed by atoms with Crippen LogP contribution in [0.5, 0.6) is 0 Å². The van der Waals surface area contributed by atoms with Crippen LogP contribution < -0.4 is 5.32 Å². The zero-order chi connectivity index (χ0) is 24.2. The molecule has 0 fully saturated rings. The van der Waals surface area contributed by atoms with Gasteiger partial charge in [-0.2, -0.15) is 4.31 Å². The number of carbonyl (C=O) groups is 1. The zero-order valence-electron chi connectivity index (χ0n) is 18.1. The summed E-state index contributed by atoms with van der Waals surface area (Å²) in [5.74, 6) is -0.0828. The summed E-state index contributed by atoms with van der Waals surface area (Å²) in [4.78, 5) is 12.9. The quantitative estimate of drug-likeness (QED) is 0.328.